The molecule has 0 aliphatic carbocycles. The molecule has 18 heavy (non-hydrogen) atoms. The van der Waals surface area contributed by atoms with E-state index in [0.29, 0.717) is 25.3 Å². The van der Waals surface area contributed by atoms with Crippen LogP contribution in [0.25, 0.3) is 0 Å². The third kappa shape index (κ3) is 2.66. The van der Waals surface area contributed by atoms with E-state index in [1.807, 2.05) is 0 Å². The van der Waals surface area contributed by atoms with Gasteiger partial charge in [-0.3, -0.25) is 4.79 Å². The third-order valence-electron chi connectivity index (χ3n) is 2.90. The van der Waals surface area contributed by atoms with E-state index in [2.05, 4.69) is 9.59 Å². The Bertz CT molecular complexity index is 421. The van der Waals surface area contributed by atoms with E-state index in [9.17, 15) is 9.59 Å². The van der Waals surface area contributed by atoms with Crippen molar-refractivity contribution in [3.05, 3.63) is 11.1 Å². The van der Waals surface area contributed by atoms with Crippen molar-refractivity contribution in [3.63, 3.8) is 0 Å². The molecule has 0 bridgehead atoms. The molecule has 1 unspecified atom stereocenters. The number of carbonyl (C=O) groups excluding carboxylic acids is 2. The highest BCUT2D eigenvalue weighted by Crippen LogP contribution is 2.20. The van der Waals surface area contributed by atoms with Crippen LogP contribution in [-0.2, 0) is 9.53 Å². The van der Waals surface area contributed by atoms with Gasteiger partial charge in [-0.05, 0) is 37.7 Å². The van der Waals surface area contributed by atoms with Crippen LogP contribution in [0.5, 0.6) is 0 Å². The molecule has 1 aliphatic heterocycles. The Morgan fingerprint density at radius 2 is 2.39 bits per heavy atom. The minimum atomic E-state index is -0.479. The molecule has 2 rings (SSSR count). The lowest BCUT2D eigenvalue weighted by Gasteiger charge is -2.33. The van der Waals surface area contributed by atoms with Crippen LogP contribution >= 0.6 is 11.5 Å². The highest BCUT2D eigenvalue weighted by Gasteiger charge is 2.34. The van der Waals surface area contributed by atoms with Crippen LogP contribution in [0.1, 0.15) is 36.7 Å². The second kappa shape index (κ2) is 5.90. The molecule has 1 amide bonds. The average molecular weight is 269 g/mol. The lowest BCUT2D eigenvalue weighted by molar-refractivity contribution is -0.149. The van der Waals surface area contributed by atoms with Gasteiger partial charge < -0.3 is 9.64 Å². The van der Waals surface area contributed by atoms with Crippen molar-refractivity contribution in [2.75, 3.05) is 13.2 Å². The van der Waals surface area contributed by atoms with E-state index in [0.717, 1.165) is 24.4 Å². The molecule has 1 fully saturated rings. The number of piperidine rings is 1. The zero-order valence-corrected chi connectivity index (χ0v) is 11.0. The predicted molar refractivity (Wildman–Crippen MR) is 65.2 cm³/mol. The standard InChI is InChI=1S/C11H15N3O3S/c1-2-17-11(16)9-5-3-4-6-14(9)10(15)8-7-18-13-12-8/h7,9H,2-6H2,1H3. The largest absolute Gasteiger partial charge is 0.464 e. The summed E-state index contributed by atoms with van der Waals surface area (Å²) >= 11 is 1.13. The average Bonchev–Trinajstić information content (AvgIpc) is 2.92. The first kappa shape index (κ1) is 12.9. The first-order chi connectivity index (χ1) is 8.74. The number of amides is 1. The first-order valence-corrected chi connectivity index (χ1v) is 6.82. The molecule has 1 aromatic rings. The molecule has 1 aromatic heterocycles. The highest BCUT2D eigenvalue weighted by molar-refractivity contribution is 7.03. The molecule has 0 N–H and O–H groups in total. The summed E-state index contributed by atoms with van der Waals surface area (Å²) < 4.78 is 8.69. The van der Waals surface area contributed by atoms with Crippen LogP contribution in [0.2, 0.25) is 0 Å². The molecule has 98 valence electrons. The molecule has 1 aliphatic rings. The second-order valence-corrected chi connectivity index (χ2v) is 4.66. The normalized spacial score (nSPS) is 19.6. The molecule has 7 heteroatoms. The summed E-state index contributed by atoms with van der Waals surface area (Å²) in [5.74, 6) is -0.560. The van der Waals surface area contributed by atoms with Gasteiger partial charge in [0.05, 0.1) is 6.61 Å². The summed E-state index contributed by atoms with van der Waals surface area (Å²) in [6.45, 7) is 2.66. The van der Waals surface area contributed by atoms with Crippen LogP contribution in [0, 0.1) is 0 Å². The van der Waals surface area contributed by atoms with Crippen LogP contribution in [-0.4, -0.2) is 45.6 Å². The number of ether oxygens (including phenoxy) is 1. The molecular weight excluding hydrogens is 254 g/mol. The summed E-state index contributed by atoms with van der Waals surface area (Å²) in [6, 6.07) is -0.479. The quantitative estimate of drug-likeness (QED) is 0.768. The zero-order valence-electron chi connectivity index (χ0n) is 10.2. The predicted octanol–water partition coefficient (Wildman–Crippen LogP) is 1.10. The Hall–Kier alpha value is -1.50. The van der Waals surface area contributed by atoms with E-state index in [1.165, 1.54) is 0 Å². The first-order valence-electron chi connectivity index (χ1n) is 5.98. The van der Waals surface area contributed by atoms with Gasteiger partial charge in [0.25, 0.3) is 5.91 Å². The van der Waals surface area contributed by atoms with Crippen molar-refractivity contribution < 1.29 is 14.3 Å². The molecule has 1 atom stereocenters. The Morgan fingerprint density at radius 3 is 3.06 bits per heavy atom. The van der Waals surface area contributed by atoms with Gasteiger partial charge in [0, 0.05) is 11.9 Å². The topological polar surface area (TPSA) is 72.4 Å². The van der Waals surface area contributed by atoms with Crippen molar-refractivity contribution in [3.8, 4) is 0 Å². The lowest BCUT2D eigenvalue weighted by atomic mass is 10.0. The van der Waals surface area contributed by atoms with Crippen LogP contribution < -0.4 is 0 Å². The number of nitrogens with zero attached hydrogens (tertiary/aromatic N) is 3. The van der Waals surface area contributed by atoms with Crippen LogP contribution in [0.15, 0.2) is 5.38 Å². The molecule has 6 nitrogen and oxygen atoms in total. The van der Waals surface area contributed by atoms with E-state index < -0.39 is 6.04 Å². The Kier molecular flexibility index (Phi) is 4.24. The van der Waals surface area contributed by atoms with E-state index in [1.54, 1.807) is 17.2 Å². The van der Waals surface area contributed by atoms with Gasteiger partial charge in [-0.25, -0.2) is 4.79 Å². The van der Waals surface area contributed by atoms with Gasteiger partial charge in [0.1, 0.15) is 6.04 Å². The molecule has 2 heterocycles. The minimum absolute atomic E-state index is 0.235. The summed E-state index contributed by atoms with van der Waals surface area (Å²) in [4.78, 5) is 25.6. The number of likely N-dealkylation sites (tertiary alicyclic amines) is 1. The SMILES string of the molecule is CCOC(=O)C1CCCCN1C(=O)c1csnn1. The molecule has 0 saturated carbocycles. The van der Waals surface area contributed by atoms with Gasteiger partial charge in [-0.2, -0.15) is 0 Å². The smallest absolute Gasteiger partial charge is 0.328 e. The number of carbonyl (C=O) groups is 2. The van der Waals surface area contributed by atoms with Crippen LogP contribution in [0.4, 0.5) is 0 Å². The zero-order chi connectivity index (χ0) is 13.0. The maximum atomic E-state index is 12.2. The van der Waals surface area contributed by atoms with E-state index >= 15 is 0 Å². The van der Waals surface area contributed by atoms with Crippen molar-refractivity contribution in [2.24, 2.45) is 0 Å². The maximum absolute atomic E-state index is 12.2. The fraction of sp³-hybridized carbons (Fsp3) is 0.636. The van der Waals surface area contributed by atoms with Crippen molar-refractivity contribution in [2.45, 2.75) is 32.2 Å². The summed E-state index contributed by atoms with van der Waals surface area (Å²) in [5.41, 5.74) is 0.302. The molecular formula is C11H15N3O3S. The van der Waals surface area contributed by atoms with E-state index in [4.69, 9.17) is 4.74 Å². The Morgan fingerprint density at radius 1 is 1.56 bits per heavy atom. The Labute approximate surface area is 109 Å². The second-order valence-electron chi connectivity index (χ2n) is 4.05. The molecule has 1 saturated heterocycles. The highest BCUT2D eigenvalue weighted by atomic mass is 32.1. The minimum Gasteiger partial charge on any atom is -0.464 e. The van der Waals surface area contributed by atoms with E-state index in [-0.39, 0.29) is 11.9 Å². The van der Waals surface area contributed by atoms with Crippen LogP contribution in [0.3, 0.4) is 0 Å². The number of aromatic nitrogens is 2. The Balaban J connectivity index is 2.12. The molecule has 0 radical (unpaired) electrons. The van der Waals surface area contributed by atoms with Gasteiger partial charge >= 0.3 is 5.97 Å². The number of hydrogen-bond donors (Lipinski definition) is 0. The number of rotatable bonds is 3. The van der Waals surface area contributed by atoms with Crippen molar-refractivity contribution in [1.29, 1.82) is 0 Å². The number of hydrogen-bond acceptors (Lipinski definition) is 6. The fourth-order valence-electron chi connectivity index (χ4n) is 2.06. The van der Waals surface area contributed by atoms with Crippen molar-refractivity contribution in [1.82, 2.24) is 14.5 Å². The third-order valence-corrected chi connectivity index (χ3v) is 3.41. The summed E-state index contributed by atoms with van der Waals surface area (Å²) in [5, 5.41) is 5.35. The van der Waals surface area contributed by atoms with Gasteiger partial charge in [0.2, 0.25) is 0 Å². The fourth-order valence-corrected chi connectivity index (χ4v) is 2.49. The molecule has 0 aromatic carbocycles. The monoisotopic (exact) mass is 269 g/mol. The van der Waals surface area contributed by atoms with Gasteiger partial charge in [-0.15, -0.1) is 5.10 Å². The van der Waals surface area contributed by atoms with Gasteiger partial charge in [0.15, 0.2) is 5.69 Å². The molecule has 0 spiro atoms. The van der Waals surface area contributed by atoms with Gasteiger partial charge in [-0.1, -0.05) is 4.49 Å². The lowest BCUT2D eigenvalue weighted by Crippen LogP contribution is -2.48. The number of esters is 1. The summed E-state index contributed by atoms with van der Waals surface area (Å²) in [7, 11) is 0. The van der Waals surface area contributed by atoms with Crippen molar-refractivity contribution >= 4 is 23.4 Å². The summed E-state index contributed by atoms with van der Waals surface area (Å²) in [6.07, 6.45) is 2.49. The maximum Gasteiger partial charge on any atom is 0.328 e.